The van der Waals surface area contributed by atoms with Crippen molar-refractivity contribution in [2.45, 2.75) is 13.3 Å². The summed E-state index contributed by atoms with van der Waals surface area (Å²) in [5.41, 5.74) is 1.98. The highest BCUT2D eigenvalue weighted by molar-refractivity contribution is 5.97. The number of carbonyl (C=O) groups excluding carboxylic acids is 2. The summed E-state index contributed by atoms with van der Waals surface area (Å²) in [7, 11) is 0. The van der Waals surface area contributed by atoms with Crippen molar-refractivity contribution < 1.29 is 23.8 Å². The van der Waals surface area contributed by atoms with Crippen LogP contribution in [0.1, 0.15) is 22.3 Å². The minimum atomic E-state index is -0.630. The first-order valence-corrected chi connectivity index (χ1v) is 8.89. The number of carbonyl (C=O) groups is 2. The smallest absolute Gasteiger partial charge is 0.338 e. The highest BCUT2D eigenvalue weighted by atomic mass is 16.6. The number of nitrogens with zero attached hydrogens (tertiary/aromatic N) is 2. The molecule has 0 bridgehead atoms. The van der Waals surface area contributed by atoms with E-state index in [0.717, 1.165) is 5.56 Å². The van der Waals surface area contributed by atoms with E-state index in [0.29, 0.717) is 30.4 Å². The molecule has 3 rings (SSSR count). The van der Waals surface area contributed by atoms with E-state index in [1.165, 1.54) is 11.0 Å². The predicted molar refractivity (Wildman–Crippen MR) is 101 cm³/mol. The van der Waals surface area contributed by atoms with Crippen LogP contribution in [0, 0.1) is 18.3 Å². The molecule has 0 saturated carbocycles. The Kier molecular flexibility index (Phi) is 6.12. The van der Waals surface area contributed by atoms with Gasteiger partial charge in [0.05, 0.1) is 18.1 Å². The van der Waals surface area contributed by atoms with Gasteiger partial charge in [-0.15, -0.1) is 0 Å². The molecule has 2 aromatic rings. The second-order valence-corrected chi connectivity index (χ2v) is 6.22. The monoisotopic (exact) mass is 380 g/mol. The molecule has 0 N–H and O–H groups in total. The number of benzene rings is 2. The Morgan fingerprint density at radius 1 is 1.11 bits per heavy atom. The van der Waals surface area contributed by atoms with Crippen LogP contribution in [0.3, 0.4) is 0 Å². The van der Waals surface area contributed by atoms with E-state index in [9.17, 15) is 9.59 Å². The van der Waals surface area contributed by atoms with Crippen LogP contribution in [-0.4, -0.2) is 38.2 Å². The molecular weight excluding hydrogens is 360 g/mol. The molecule has 0 spiro atoms. The minimum Gasteiger partial charge on any atom is -0.486 e. The van der Waals surface area contributed by atoms with Gasteiger partial charge in [0.2, 0.25) is 0 Å². The molecule has 0 unspecified atom stereocenters. The molecule has 7 nitrogen and oxygen atoms in total. The molecule has 0 atom stereocenters. The molecule has 144 valence electrons. The summed E-state index contributed by atoms with van der Waals surface area (Å²) in [6.45, 7) is 2.62. The highest BCUT2D eigenvalue weighted by Crippen LogP contribution is 2.30. The van der Waals surface area contributed by atoms with Gasteiger partial charge in [-0.25, -0.2) is 4.79 Å². The number of ether oxygens (including phenoxy) is 3. The van der Waals surface area contributed by atoms with Gasteiger partial charge in [0.25, 0.3) is 5.91 Å². The number of fused-ring (bicyclic) bond motifs is 1. The quantitative estimate of drug-likeness (QED) is 0.716. The summed E-state index contributed by atoms with van der Waals surface area (Å²) in [5.74, 6) is 0.0164. The van der Waals surface area contributed by atoms with Gasteiger partial charge in [-0.1, -0.05) is 17.7 Å². The van der Waals surface area contributed by atoms with Gasteiger partial charge < -0.3 is 19.1 Å². The van der Waals surface area contributed by atoms with Crippen molar-refractivity contribution in [1.29, 1.82) is 5.26 Å². The van der Waals surface area contributed by atoms with E-state index in [1.807, 2.05) is 25.1 Å². The van der Waals surface area contributed by atoms with Crippen LogP contribution in [0.25, 0.3) is 0 Å². The lowest BCUT2D eigenvalue weighted by atomic mass is 10.2. The highest BCUT2D eigenvalue weighted by Gasteiger charge is 2.20. The Labute approximate surface area is 163 Å². The maximum Gasteiger partial charge on any atom is 0.338 e. The fourth-order valence-electron chi connectivity index (χ4n) is 2.74. The summed E-state index contributed by atoms with van der Waals surface area (Å²) >= 11 is 0. The van der Waals surface area contributed by atoms with Crippen LogP contribution in [0.2, 0.25) is 0 Å². The average molecular weight is 380 g/mol. The van der Waals surface area contributed by atoms with Crippen molar-refractivity contribution in [3.05, 3.63) is 53.6 Å². The van der Waals surface area contributed by atoms with E-state index in [2.05, 4.69) is 0 Å². The normalized spacial score (nSPS) is 12.0. The van der Waals surface area contributed by atoms with Gasteiger partial charge in [-0.05, 0) is 37.3 Å². The lowest BCUT2D eigenvalue weighted by Gasteiger charge is -2.22. The molecule has 28 heavy (non-hydrogen) atoms. The number of hydrogen-bond donors (Lipinski definition) is 0. The number of hydrogen-bond acceptors (Lipinski definition) is 6. The van der Waals surface area contributed by atoms with E-state index in [4.69, 9.17) is 19.5 Å². The fraction of sp³-hybridized carbons (Fsp3) is 0.286. The van der Waals surface area contributed by atoms with E-state index in [1.54, 1.807) is 24.3 Å². The molecule has 0 aromatic heterocycles. The van der Waals surface area contributed by atoms with Crippen LogP contribution in [0.15, 0.2) is 42.5 Å². The minimum absolute atomic E-state index is 0.176. The lowest BCUT2D eigenvalue weighted by Crippen LogP contribution is -2.35. The van der Waals surface area contributed by atoms with Crippen LogP contribution >= 0.6 is 0 Å². The summed E-state index contributed by atoms with van der Waals surface area (Å²) in [6, 6.07) is 14.1. The zero-order valence-corrected chi connectivity index (χ0v) is 15.5. The summed E-state index contributed by atoms with van der Waals surface area (Å²) in [5, 5.41) is 8.86. The molecule has 0 aliphatic carbocycles. The number of anilines is 1. The van der Waals surface area contributed by atoms with Crippen LogP contribution in [0.4, 0.5) is 5.69 Å². The van der Waals surface area contributed by atoms with Crippen molar-refractivity contribution in [2.24, 2.45) is 0 Å². The van der Waals surface area contributed by atoms with Gasteiger partial charge in [-0.2, -0.15) is 5.26 Å². The standard InChI is InChI=1S/C21H20N2O5/c1-15-3-6-17(7-4-15)23(10-2-9-22)20(24)14-28-21(25)16-5-8-18-19(13-16)27-12-11-26-18/h3-8,13H,2,10-12,14H2,1H3. The first-order chi connectivity index (χ1) is 13.6. The van der Waals surface area contributed by atoms with E-state index in [-0.39, 0.29) is 18.5 Å². The maximum atomic E-state index is 12.6. The van der Waals surface area contributed by atoms with Crippen molar-refractivity contribution in [1.82, 2.24) is 0 Å². The fourth-order valence-corrected chi connectivity index (χ4v) is 2.74. The molecule has 1 heterocycles. The van der Waals surface area contributed by atoms with Crippen molar-refractivity contribution in [2.75, 3.05) is 31.3 Å². The number of nitriles is 1. The molecule has 1 amide bonds. The Morgan fingerprint density at radius 2 is 1.82 bits per heavy atom. The summed E-state index contributed by atoms with van der Waals surface area (Å²) in [6.07, 6.45) is 0.176. The van der Waals surface area contributed by atoms with Gasteiger partial charge >= 0.3 is 5.97 Å². The molecule has 1 aliphatic rings. The number of aryl methyl sites for hydroxylation is 1. The third-order valence-corrected chi connectivity index (χ3v) is 4.20. The van der Waals surface area contributed by atoms with Gasteiger partial charge in [0.15, 0.2) is 18.1 Å². The Balaban J connectivity index is 1.65. The number of esters is 1. The molecule has 0 fully saturated rings. The number of rotatable bonds is 6. The summed E-state index contributed by atoms with van der Waals surface area (Å²) in [4.78, 5) is 26.4. The Morgan fingerprint density at radius 3 is 2.54 bits per heavy atom. The Hall–Kier alpha value is -3.53. The second kappa shape index (κ2) is 8.91. The first-order valence-electron chi connectivity index (χ1n) is 8.89. The van der Waals surface area contributed by atoms with Crippen molar-refractivity contribution in [3.8, 4) is 17.6 Å². The van der Waals surface area contributed by atoms with E-state index < -0.39 is 18.5 Å². The van der Waals surface area contributed by atoms with Crippen LogP contribution < -0.4 is 14.4 Å². The third-order valence-electron chi connectivity index (χ3n) is 4.20. The zero-order chi connectivity index (χ0) is 19.9. The van der Waals surface area contributed by atoms with Gasteiger partial charge in [0.1, 0.15) is 13.2 Å². The number of amides is 1. The third kappa shape index (κ3) is 4.60. The Bertz CT molecular complexity index is 902. The maximum absolute atomic E-state index is 12.6. The molecule has 0 radical (unpaired) electrons. The van der Waals surface area contributed by atoms with Crippen molar-refractivity contribution in [3.63, 3.8) is 0 Å². The molecule has 1 aliphatic heterocycles. The lowest BCUT2D eigenvalue weighted by molar-refractivity contribution is -0.121. The van der Waals surface area contributed by atoms with Gasteiger partial charge in [0, 0.05) is 12.2 Å². The SMILES string of the molecule is Cc1ccc(N(CCC#N)C(=O)COC(=O)c2ccc3c(c2)OCCO3)cc1. The van der Waals surface area contributed by atoms with Crippen LogP contribution in [0.5, 0.6) is 11.5 Å². The van der Waals surface area contributed by atoms with Crippen LogP contribution in [-0.2, 0) is 9.53 Å². The summed E-state index contributed by atoms with van der Waals surface area (Å²) < 4.78 is 16.0. The molecule has 2 aromatic carbocycles. The predicted octanol–water partition coefficient (Wildman–Crippen LogP) is 2.87. The van der Waals surface area contributed by atoms with E-state index >= 15 is 0 Å². The van der Waals surface area contributed by atoms with Gasteiger partial charge in [-0.3, -0.25) is 4.79 Å². The first kappa shape index (κ1) is 19.2. The zero-order valence-electron chi connectivity index (χ0n) is 15.5. The second-order valence-electron chi connectivity index (χ2n) is 6.22. The average Bonchev–Trinajstić information content (AvgIpc) is 2.73. The molecule has 7 heteroatoms. The largest absolute Gasteiger partial charge is 0.486 e. The topological polar surface area (TPSA) is 88.9 Å². The molecule has 0 saturated heterocycles. The van der Waals surface area contributed by atoms with Crippen molar-refractivity contribution >= 4 is 17.6 Å². The molecular formula is C21H20N2O5.